The lowest BCUT2D eigenvalue weighted by molar-refractivity contribution is 0.0952. The predicted molar refractivity (Wildman–Crippen MR) is 114 cm³/mol. The van der Waals surface area contributed by atoms with Crippen molar-refractivity contribution in [3.8, 4) is 5.75 Å². The summed E-state index contributed by atoms with van der Waals surface area (Å²) in [4.78, 5) is 21.1. The second kappa shape index (κ2) is 10.2. The molecule has 0 saturated heterocycles. The fourth-order valence-corrected chi connectivity index (χ4v) is 3.03. The van der Waals surface area contributed by atoms with Gasteiger partial charge in [0.05, 0.1) is 18.4 Å². The van der Waals surface area contributed by atoms with Crippen molar-refractivity contribution in [3.63, 3.8) is 0 Å². The molecule has 3 rings (SSSR count). The number of aryl methyl sites for hydroxylation is 2. The minimum absolute atomic E-state index is 0.146. The van der Waals surface area contributed by atoms with Crippen LogP contribution < -0.4 is 15.4 Å². The summed E-state index contributed by atoms with van der Waals surface area (Å²) in [5, 5.41) is 6.13. The smallest absolute Gasteiger partial charge is 0.254 e. The first-order valence-corrected chi connectivity index (χ1v) is 9.69. The first kappa shape index (κ1) is 20.3. The monoisotopic (exact) mass is 390 g/mol. The van der Waals surface area contributed by atoms with Crippen LogP contribution in [-0.2, 0) is 13.0 Å². The number of para-hydroxylation sites is 1. The molecule has 1 aromatic heterocycles. The molecule has 0 saturated carbocycles. The van der Waals surface area contributed by atoms with E-state index in [2.05, 4.69) is 32.7 Å². The molecule has 29 heavy (non-hydrogen) atoms. The Morgan fingerprint density at radius 2 is 1.83 bits per heavy atom. The lowest BCUT2D eigenvalue weighted by atomic mass is 10.1. The maximum absolute atomic E-state index is 12.4. The Hall–Kier alpha value is -3.41. The van der Waals surface area contributed by atoms with Crippen LogP contribution in [0.2, 0.25) is 0 Å². The summed E-state index contributed by atoms with van der Waals surface area (Å²) in [7, 11) is 1.65. The van der Waals surface area contributed by atoms with Crippen LogP contribution in [0.25, 0.3) is 0 Å². The Morgan fingerprint density at radius 1 is 1.07 bits per heavy atom. The maximum Gasteiger partial charge on any atom is 0.254 e. The number of rotatable bonds is 9. The van der Waals surface area contributed by atoms with Gasteiger partial charge in [0.1, 0.15) is 5.75 Å². The molecule has 0 aliphatic rings. The second-order valence-electron chi connectivity index (χ2n) is 6.70. The minimum Gasteiger partial charge on any atom is -0.496 e. The van der Waals surface area contributed by atoms with E-state index in [0.717, 1.165) is 24.2 Å². The topological polar surface area (TPSA) is 76.1 Å². The van der Waals surface area contributed by atoms with Crippen LogP contribution in [0.15, 0.2) is 60.8 Å². The Morgan fingerprint density at radius 3 is 2.59 bits per heavy atom. The molecule has 0 aliphatic heterocycles. The number of amides is 1. The van der Waals surface area contributed by atoms with Crippen molar-refractivity contribution in [1.82, 2.24) is 15.3 Å². The molecule has 0 fully saturated rings. The Balaban J connectivity index is 1.51. The minimum atomic E-state index is -0.146. The van der Waals surface area contributed by atoms with E-state index in [0.29, 0.717) is 30.3 Å². The summed E-state index contributed by atoms with van der Waals surface area (Å²) in [5.41, 5.74) is 3.42. The standard InChI is InChI=1S/C23H26N4O2/c1-17-20(22(28)24-14-8-11-18-9-4-3-5-10-18)16-26-23(27-17)25-15-19-12-6-7-13-21(19)29-2/h3-7,9-10,12-13,16H,8,11,14-15H2,1-2H3,(H,24,28)(H,25,26,27). The zero-order valence-electron chi connectivity index (χ0n) is 16.8. The van der Waals surface area contributed by atoms with Gasteiger partial charge in [0.25, 0.3) is 5.91 Å². The van der Waals surface area contributed by atoms with E-state index in [1.165, 1.54) is 5.56 Å². The largest absolute Gasteiger partial charge is 0.496 e. The zero-order chi connectivity index (χ0) is 20.5. The SMILES string of the molecule is COc1ccccc1CNc1ncc(C(=O)NCCCc2ccccc2)c(C)n1. The highest BCUT2D eigenvalue weighted by Crippen LogP contribution is 2.18. The van der Waals surface area contributed by atoms with Gasteiger partial charge in [-0.2, -0.15) is 0 Å². The molecule has 1 amide bonds. The molecule has 2 N–H and O–H groups in total. The molecule has 6 heteroatoms. The van der Waals surface area contributed by atoms with E-state index < -0.39 is 0 Å². The molecule has 1 heterocycles. The number of carbonyl (C=O) groups excluding carboxylic acids is 1. The third-order valence-electron chi connectivity index (χ3n) is 4.62. The van der Waals surface area contributed by atoms with E-state index in [1.807, 2.05) is 49.4 Å². The summed E-state index contributed by atoms with van der Waals surface area (Å²) < 4.78 is 5.35. The van der Waals surface area contributed by atoms with Gasteiger partial charge in [0.15, 0.2) is 0 Å². The molecule has 0 aliphatic carbocycles. The number of hydrogen-bond donors (Lipinski definition) is 2. The van der Waals surface area contributed by atoms with Crippen LogP contribution >= 0.6 is 0 Å². The first-order chi connectivity index (χ1) is 14.2. The van der Waals surface area contributed by atoms with Gasteiger partial charge < -0.3 is 15.4 Å². The van der Waals surface area contributed by atoms with Crippen LogP contribution in [0.1, 0.15) is 33.6 Å². The van der Waals surface area contributed by atoms with Gasteiger partial charge in [-0.15, -0.1) is 0 Å². The third kappa shape index (κ3) is 5.78. The number of carbonyl (C=O) groups is 1. The Bertz CT molecular complexity index is 945. The van der Waals surface area contributed by atoms with Crippen molar-refractivity contribution in [2.45, 2.75) is 26.3 Å². The molecular weight excluding hydrogens is 364 g/mol. The molecule has 0 atom stereocenters. The van der Waals surface area contributed by atoms with E-state index >= 15 is 0 Å². The lowest BCUT2D eigenvalue weighted by Crippen LogP contribution is -2.26. The second-order valence-corrected chi connectivity index (χ2v) is 6.70. The van der Waals surface area contributed by atoms with E-state index in [1.54, 1.807) is 13.3 Å². The van der Waals surface area contributed by atoms with Crippen LogP contribution in [0.4, 0.5) is 5.95 Å². The van der Waals surface area contributed by atoms with Gasteiger partial charge in [-0.05, 0) is 31.4 Å². The number of nitrogens with one attached hydrogen (secondary N) is 2. The fourth-order valence-electron chi connectivity index (χ4n) is 3.03. The number of methoxy groups -OCH3 is 1. The molecule has 150 valence electrons. The summed E-state index contributed by atoms with van der Waals surface area (Å²) >= 11 is 0. The normalized spacial score (nSPS) is 10.4. The molecule has 0 spiro atoms. The molecule has 2 aromatic carbocycles. The molecule has 0 unspecified atom stereocenters. The molecular formula is C23H26N4O2. The van der Waals surface area contributed by atoms with Crippen LogP contribution in [0.5, 0.6) is 5.75 Å². The van der Waals surface area contributed by atoms with Gasteiger partial charge in [-0.3, -0.25) is 4.79 Å². The molecule has 3 aromatic rings. The summed E-state index contributed by atoms with van der Waals surface area (Å²) in [6.45, 7) is 2.96. The van der Waals surface area contributed by atoms with E-state index in [4.69, 9.17) is 4.74 Å². The Labute approximate surface area is 171 Å². The highest BCUT2D eigenvalue weighted by atomic mass is 16.5. The van der Waals surface area contributed by atoms with Gasteiger partial charge in [0, 0.05) is 24.8 Å². The van der Waals surface area contributed by atoms with Gasteiger partial charge >= 0.3 is 0 Å². The van der Waals surface area contributed by atoms with Gasteiger partial charge in [-0.1, -0.05) is 48.5 Å². The van der Waals surface area contributed by atoms with Crippen molar-refractivity contribution < 1.29 is 9.53 Å². The number of benzene rings is 2. The molecule has 0 bridgehead atoms. The molecule has 0 radical (unpaired) electrons. The molecule has 6 nitrogen and oxygen atoms in total. The quantitative estimate of drug-likeness (QED) is 0.544. The first-order valence-electron chi connectivity index (χ1n) is 9.69. The average molecular weight is 390 g/mol. The van der Waals surface area contributed by atoms with E-state index in [-0.39, 0.29) is 5.91 Å². The number of hydrogen-bond acceptors (Lipinski definition) is 5. The highest BCUT2D eigenvalue weighted by molar-refractivity contribution is 5.94. The number of aromatic nitrogens is 2. The van der Waals surface area contributed by atoms with Crippen molar-refractivity contribution >= 4 is 11.9 Å². The van der Waals surface area contributed by atoms with Crippen LogP contribution in [0, 0.1) is 6.92 Å². The van der Waals surface area contributed by atoms with Gasteiger partial charge in [0.2, 0.25) is 5.95 Å². The summed E-state index contributed by atoms with van der Waals surface area (Å²) in [6, 6.07) is 18.0. The number of ether oxygens (including phenoxy) is 1. The third-order valence-corrected chi connectivity index (χ3v) is 4.62. The van der Waals surface area contributed by atoms with E-state index in [9.17, 15) is 4.79 Å². The van der Waals surface area contributed by atoms with Crippen molar-refractivity contribution in [1.29, 1.82) is 0 Å². The summed E-state index contributed by atoms with van der Waals surface area (Å²) in [6.07, 6.45) is 3.38. The van der Waals surface area contributed by atoms with Crippen molar-refractivity contribution in [2.75, 3.05) is 19.0 Å². The average Bonchev–Trinajstić information content (AvgIpc) is 2.76. The predicted octanol–water partition coefficient (Wildman–Crippen LogP) is 3.77. The highest BCUT2D eigenvalue weighted by Gasteiger charge is 2.12. The van der Waals surface area contributed by atoms with Crippen molar-refractivity contribution in [2.24, 2.45) is 0 Å². The van der Waals surface area contributed by atoms with Gasteiger partial charge in [-0.25, -0.2) is 9.97 Å². The lowest BCUT2D eigenvalue weighted by Gasteiger charge is -2.11. The number of anilines is 1. The van der Waals surface area contributed by atoms with Crippen molar-refractivity contribution in [3.05, 3.63) is 83.2 Å². The van der Waals surface area contributed by atoms with Crippen LogP contribution in [-0.4, -0.2) is 29.5 Å². The maximum atomic E-state index is 12.4. The zero-order valence-corrected chi connectivity index (χ0v) is 16.8. The number of nitrogens with zero attached hydrogens (tertiary/aromatic N) is 2. The fraction of sp³-hybridized carbons (Fsp3) is 0.261. The van der Waals surface area contributed by atoms with Crippen LogP contribution in [0.3, 0.4) is 0 Å². The Kier molecular flexibility index (Phi) is 7.16. The summed E-state index contributed by atoms with van der Waals surface area (Å²) in [5.74, 6) is 1.14.